The van der Waals surface area contributed by atoms with Crippen LogP contribution in [0.25, 0.3) is 0 Å². The quantitative estimate of drug-likeness (QED) is 0.883. The van der Waals surface area contributed by atoms with E-state index in [1.807, 2.05) is 13.8 Å². The maximum Gasteiger partial charge on any atom is 0.267 e. The third kappa shape index (κ3) is 2.32. The number of aliphatic hydroxyl groups is 1. The molecule has 0 aliphatic carbocycles. The third-order valence-electron chi connectivity index (χ3n) is 3.10. The van der Waals surface area contributed by atoms with Crippen molar-refractivity contribution in [3.8, 4) is 0 Å². The number of likely N-dealkylation sites (tertiary alicyclic amines) is 1. The lowest BCUT2D eigenvalue weighted by molar-refractivity contribution is 0.0681. The molecule has 1 aliphatic rings. The largest absolute Gasteiger partial charge is 0.394 e. The summed E-state index contributed by atoms with van der Waals surface area (Å²) in [6.07, 6.45) is 1.84. The zero-order valence-corrected chi connectivity index (χ0v) is 10.9. The molecular formula is C11H17N3O2S. The zero-order valence-electron chi connectivity index (χ0n) is 10.1. The highest BCUT2D eigenvalue weighted by Gasteiger charge is 2.31. The molecule has 1 aliphatic heterocycles. The van der Waals surface area contributed by atoms with Crippen molar-refractivity contribution in [2.75, 3.05) is 13.2 Å². The van der Waals surface area contributed by atoms with Gasteiger partial charge in [0.1, 0.15) is 4.88 Å². The topological polar surface area (TPSA) is 66.3 Å². The molecule has 1 aromatic heterocycles. The molecule has 0 aromatic carbocycles. The van der Waals surface area contributed by atoms with Gasteiger partial charge in [0.05, 0.1) is 18.3 Å². The predicted octanol–water partition coefficient (Wildman–Crippen LogP) is 1.26. The average molecular weight is 255 g/mol. The van der Waals surface area contributed by atoms with Crippen LogP contribution in [0.15, 0.2) is 0 Å². The molecule has 17 heavy (non-hydrogen) atoms. The van der Waals surface area contributed by atoms with E-state index in [4.69, 9.17) is 0 Å². The van der Waals surface area contributed by atoms with E-state index in [-0.39, 0.29) is 24.5 Å². The Hall–Kier alpha value is -1.01. The summed E-state index contributed by atoms with van der Waals surface area (Å²) >= 11 is 1.15. The zero-order chi connectivity index (χ0) is 12.4. The van der Waals surface area contributed by atoms with Gasteiger partial charge in [-0.15, -0.1) is 5.10 Å². The van der Waals surface area contributed by atoms with Gasteiger partial charge in [-0.3, -0.25) is 4.79 Å². The number of carbonyl (C=O) groups excluding carboxylic acids is 1. The molecule has 0 radical (unpaired) electrons. The Morgan fingerprint density at radius 3 is 3.06 bits per heavy atom. The summed E-state index contributed by atoms with van der Waals surface area (Å²) in [6, 6.07) is -0.0374. The van der Waals surface area contributed by atoms with Gasteiger partial charge in [0.2, 0.25) is 0 Å². The molecule has 6 heteroatoms. The van der Waals surface area contributed by atoms with E-state index < -0.39 is 0 Å². The minimum absolute atomic E-state index is 0.0275. The predicted molar refractivity (Wildman–Crippen MR) is 65.1 cm³/mol. The molecule has 94 valence electrons. The van der Waals surface area contributed by atoms with Crippen LogP contribution in [0.5, 0.6) is 0 Å². The first-order valence-corrected chi connectivity index (χ1v) is 6.66. The van der Waals surface area contributed by atoms with Crippen LogP contribution in [0.1, 0.15) is 48.0 Å². The molecule has 5 nitrogen and oxygen atoms in total. The minimum atomic E-state index is -0.0374. The van der Waals surface area contributed by atoms with Gasteiger partial charge in [-0.25, -0.2) is 0 Å². The molecule has 1 N–H and O–H groups in total. The van der Waals surface area contributed by atoms with Crippen molar-refractivity contribution >= 4 is 17.4 Å². The van der Waals surface area contributed by atoms with Crippen LogP contribution in [0.3, 0.4) is 0 Å². The monoisotopic (exact) mass is 255 g/mol. The Balaban J connectivity index is 2.22. The lowest BCUT2D eigenvalue weighted by Crippen LogP contribution is -2.37. The van der Waals surface area contributed by atoms with Crippen LogP contribution in [-0.4, -0.2) is 44.7 Å². The highest BCUT2D eigenvalue weighted by molar-refractivity contribution is 7.08. The number of hydrogen-bond acceptors (Lipinski definition) is 5. The summed E-state index contributed by atoms with van der Waals surface area (Å²) in [5.74, 6) is 0.170. The van der Waals surface area contributed by atoms with Crippen LogP contribution in [0, 0.1) is 0 Å². The Labute approximate surface area is 105 Å². The van der Waals surface area contributed by atoms with E-state index in [0.29, 0.717) is 4.88 Å². The standard InChI is InChI=1S/C11H17N3O2S/c1-7(2)9-10(17-13-12-9)11(16)14-5-3-4-8(14)6-15/h7-8,15H,3-6H2,1-2H3/t8-/m1/s1. The lowest BCUT2D eigenvalue weighted by atomic mass is 10.1. The molecule has 2 heterocycles. The molecule has 1 amide bonds. The van der Waals surface area contributed by atoms with Gasteiger partial charge in [0, 0.05) is 6.54 Å². The molecular weight excluding hydrogens is 238 g/mol. The van der Waals surface area contributed by atoms with E-state index in [0.717, 1.165) is 36.6 Å². The molecule has 0 bridgehead atoms. The first kappa shape index (κ1) is 12.4. The summed E-state index contributed by atoms with van der Waals surface area (Å²) in [5, 5.41) is 13.3. The average Bonchev–Trinajstić information content (AvgIpc) is 2.96. The molecule has 0 spiro atoms. The van der Waals surface area contributed by atoms with Gasteiger partial charge in [0.25, 0.3) is 5.91 Å². The van der Waals surface area contributed by atoms with Crippen LogP contribution >= 0.6 is 11.5 Å². The Kier molecular flexibility index (Phi) is 3.73. The number of aliphatic hydroxyl groups excluding tert-OH is 1. The maximum absolute atomic E-state index is 12.3. The highest BCUT2D eigenvalue weighted by atomic mass is 32.1. The van der Waals surface area contributed by atoms with Crippen molar-refractivity contribution in [3.05, 3.63) is 10.6 Å². The van der Waals surface area contributed by atoms with Gasteiger partial charge in [-0.2, -0.15) is 0 Å². The van der Waals surface area contributed by atoms with Crippen molar-refractivity contribution in [2.24, 2.45) is 0 Å². The normalized spacial score (nSPS) is 20.2. The van der Waals surface area contributed by atoms with Crippen molar-refractivity contribution < 1.29 is 9.90 Å². The van der Waals surface area contributed by atoms with Crippen LogP contribution in [0.4, 0.5) is 0 Å². The number of rotatable bonds is 3. The van der Waals surface area contributed by atoms with Crippen molar-refractivity contribution in [1.82, 2.24) is 14.5 Å². The SMILES string of the molecule is CC(C)c1nnsc1C(=O)N1CCC[C@@H]1CO. The fourth-order valence-electron chi connectivity index (χ4n) is 2.15. The molecule has 1 saturated heterocycles. The van der Waals surface area contributed by atoms with E-state index in [1.54, 1.807) is 4.90 Å². The van der Waals surface area contributed by atoms with Crippen molar-refractivity contribution in [3.63, 3.8) is 0 Å². The van der Waals surface area contributed by atoms with Gasteiger partial charge in [-0.1, -0.05) is 18.3 Å². The van der Waals surface area contributed by atoms with Crippen molar-refractivity contribution in [1.29, 1.82) is 0 Å². The number of aromatic nitrogens is 2. The molecule has 0 unspecified atom stereocenters. The Morgan fingerprint density at radius 1 is 1.65 bits per heavy atom. The molecule has 2 rings (SSSR count). The smallest absolute Gasteiger partial charge is 0.267 e. The first-order chi connectivity index (χ1) is 8.15. The van der Waals surface area contributed by atoms with Crippen molar-refractivity contribution in [2.45, 2.75) is 38.6 Å². The van der Waals surface area contributed by atoms with Gasteiger partial charge < -0.3 is 10.0 Å². The second-order valence-electron chi connectivity index (χ2n) is 4.62. The molecule has 1 fully saturated rings. The Morgan fingerprint density at radius 2 is 2.41 bits per heavy atom. The fraction of sp³-hybridized carbons (Fsp3) is 0.727. The summed E-state index contributed by atoms with van der Waals surface area (Å²) < 4.78 is 3.87. The minimum Gasteiger partial charge on any atom is -0.394 e. The summed E-state index contributed by atoms with van der Waals surface area (Å²) in [6.45, 7) is 4.76. The second kappa shape index (κ2) is 5.10. The number of amides is 1. The fourth-order valence-corrected chi connectivity index (χ4v) is 2.92. The van der Waals surface area contributed by atoms with Crippen LogP contribution < -0.4 is 0 Å². The number of hydrogen-bond donors (Lipinski definition) is 1. The highest BCUT2D eigenvalue weighted by Crippen LogP contribution is 2.25. The molecule has 0 saturated carbocycles. The van der Waals surface area contributed by atoms with E-state index in [2.05, 4.69) is 9.59 Å². The van der Waals surface area contributed by atoms with E-state index >= 15 is 0 Å². The van der Waals surface area contributed by atoms with Gasteiger partial charge in [0.15, 0.2) is 0 Å². The maximum atomic E-state index is 12.3. The first-order valence-electron chi connectivity index (χ1n) is 5.89. The number of nitrogens with zero attached hydrogens (tertiary/aromatic N) is 3. The van der Waals surface area contributed by atoms with Gasteiger partial charge in [-0.05, 0) is 30.3 Å². The van der Waals surface area contributed by atoms with Crippen LogP contribution in [-0.2, 0) is 0 Å². The summed E-state index contributed by atoms with van der Waals surface area (Å²) in [4.78, 5) is 14.7. The Bertz CT molecular complexity index is 405. The van der Waals surface area contributed by atoms with E-state index in [1.165, 1.54) is 0 Å². The molecule has 1 atom stereocenters. The summed E-state index contributed by atoms with van der Waals surface area (Å²) in [5.41, 5.74) is 0.767. The molecule has 1 aromatic rings. The van der Waals surface area contributed by atoms with Crippen LogP contribution in [0.2, 0.25) is 0 Å². The van der Waals surface area contributed by atoms with E-state index in [9.17, 15) is 9.90 Å². The lowest BCUT2D eigenvalue weighted by Gasteiger charge is -2.22. The van der Waals surface area contributed by atoms with Gasteiger partial charge >= 0.3 is 0 Å². The second-order valence-corrected chi connectivity index (χ2v) is 5.37. The number of carbonyl (C=O) groups is 1. The summed E-state index contributed by atoms with van der Waals surface area (Å²) in [7, 11) is 0. The third-order valence-corrected chi connectivity index (χ3v) is 3.83.